The summed E-state index contributed by atoms with van der Waals surface area (Å²) >= 11 is 1.70. The number of piperazine rings is 1. The number of amides is 1. The van der Waals surface area contributed by atoms with Gasteiger partial charge < -0.3 is 15.2 Å². The number of benzene rings is 3. The third kappa shape index (κ3) is 5.81. The lowest BCUT2D eigenvalue weighted by Crippen LogP contribution is -2.48. The monoisotopic (exact) mass is 588 g/mol. The smallest absolute Gasteiger partial charge is 0.331 e. The van der Waals surface area contributed by atoms with Gasteiger partial charge in [-0.3, -0.25) is 14.3 Å². The van der Waals surface area contributed by atoms with Crippen LogP contribution in [0, 0.1) is 0 Å². The molecule has 3 heterocycles. The fourth-order valence-corrected chi connectivity index (χ4v) is 6.20. The quantitative estimate of drug-likeness (QED) is 0.265. The van der Waals surface area contributed by atoms with Crippen molar-refractivity contribution < 1.29 is 13.2 Å². The molecule has 0 bridgehead atoms. The molecule has 5 aromatic rings. The lowest BCUT2D eigenvalue weighted by Gasteiger charge is -2.34. The van der Waals surface area contributed by atoms with Crippen molar-refractivity contribution in [3.05, 3.63) is 105 Å². The van der Waals surface area contributed by atoms with E-state index >= 15 is 0 Å². The number of rotatable bonds is 7. The highest BCUT2D eigenvalue weighted by Gasteiger charge is 2.22. The molecule has 0 unspecified atom stereocenters. The number of carbonyl (C=O) groups is 1. The van der Waals surface area contributed by atoms with Crippen LogP contribution < -0.4 is 16.1 Å². The zero-order valence-corrected chi connectivity index (χ0v) is 23.6. The number of anilines is 2. The molecular formula is C29H28N6O4S2. The number of aromatic nitrogens is 2. The molecule has 10 nitrogen and oxygen atoms in total. The third-order valence-electron chi connectivity index (χ3n) is 7.17. The van der Waals surface area contributed by atoms with E-state index in [0.29, 0.717) is 46.7 Å². The van der Waals surface area contributed by atoms with Crippen LogP contribution in [0.5, 0.6) is 0 Å². The normalized spacial score (nSPS) is 14.4. The Kier molecular flexibility index (Phi) is 7.22. The molecule has 0 saturated carbocycles. The number of primary sulfonamides is 1. The molecule has 210 valence electrons. The van der Waals surface area contributed by atoms with Crippen LogP contribution in [-0.4, -0.2) is 59.9 Å². The summed E-state index contributed by atoms with van der Waals surface area (Å²) in [4.78, 5) is 33.2. The number of carbonyl (C=O) groups excluding carboxylic acids is 1. The van der Waals surface area contributed by atoms with Gasteiger partial charge in [0, 0.05) is 49.7 Å². The number of nitrogens with one attached hydrogen (secondary N) is 2. The average molecular weight is 589 g/mol. The molecule has 1 saturated heterocycles. The summed E-state index contributed by atoms with van der Waals surface area (Å²) in [6, 6.07) is 20.8. The number of sulfonamides is 1. The predicted octanol–water partition coefficient (Wildman–Crippen LogP) is 3.73. The molecule has 2 aromatic heterocycles. The summed E-state index contributed by atoms with van der Waals surface area (Å²) in [5, 5.41) is 12.6. The number of imidazole rings is 1. The second kappa shape index (κ2) is 11.0. The first-order valence-electron chi connectivity index (χ1n) is 13.0. The minimum absolute atomic E-state index is 0.00850. The van der Waals surface area contributed by atoms with E-state index in [2.05, 4.69) is 32.0 Å². The number of hydrogen-bond acceptors (Lipinski definition) is 7. The van der Waals surface area contributed by atoms with Crippen LogP contribution in [0.2, 0.25) is 0 Å². The van der Waals surface area contributed by atoms with E-state index in [9.17, 15) is 18.0 Å². The third-order valence-corrected chi connectivity index (χ3v) is 8.83. The molecule has 0 atom stereocenters. The van der Waals surface area contributed by atoms with Gasteiger partial charge in [0.25, 0.3) is 5.91 Å². The first-order valence-corrected chi connectivity index (χ1v) is 15.5. The van der Waals surface area contributed by atoms with Gasteiger partial charge in [0.2, 0.25) is 10.0 Å². The highest BCUT2D eigenvalue weighted by Crippen LogP contribution is 2.24. The number of nitrogens with two attached hydrogens (primary N) is 1. The molecule has 1 aliphatic heterocycles. The SMILES string of the molecule is NS(=O)(=O)c1ccc(Nc2ccc3c(c2)[nH]c(=O)n3-c2ccc(C(=O)N3CCN(Cc4ccsc4)CC3)cc2)cc1. The van der Waals surface area contributed by atoms with Crippen LogP contribution in [-0.2, 0) is 16.6 Å². The van der Waals surface area contributed by atoms with Crippen molar-refractivity contribution in [1.29, 1.82) is 0 Å². The van der Waals surface area contributed by atoms with Gasteiger partial charge in [0.15, 0.2) is 0 Å². The highest BCUT2D eigenvalue weighted by molar-refractivity contribution is 7.89. The largest absolute Gasteiger partial charge is 0.355 e. The van der Waals surface area contributed by atoms with Crippen LogP contribution in [0.25, 0.3) is 16.7 Å². The number of fused-ring (bicyclic) bond motifs is 1. The van der Waals surface area contributed by atoms with Gasteiger partial charge in [-0.1, -0.05) is 0 Å². The Morgan fingerprint density at radius 1 is 0.927 bits per heavy atom. The van der Waals surface area contributed by atoms with E-state index in [1.54, 1.807) is 58.4 Å². The Labute approximate surface area is 240 Å². The van der Waals surface area contributed by atoms with Crippen molar-refractivity contribution in [1.82, 2.24) is 19.4 Å². The van der Waals surface area contributed by atoms with Gasteiger partial charge >= 0.3 is 5.69 Å². The number of H-pyrrole nitrogens is 1. The lowest BCUT2D eigenvalue weighted by molar-refractivity contribution is 0.0628. The Hall–Kier alpha value is -4.23. The molecule has 3 aromatic carbocycles. The van der Waals surface area contributed by atoms with Gasteiger partial charge in [-0.05, 0) is 89.1 Å². The van der Waals surface area contributed by atoms with Crippen molar-refractivity contribution in [2.75, 3.05) is 31.5 Å². The second-order valence-electron chi connectivity index (χ2n) is 9.94. The van der Waals surface area contributed by atoms with E-state index in [1.165, 1.54) is 17.7 Å². The van der Waals surface area contributed by atoms with E-state index in [0.717, 1.165) is 19.6 Å². The summed E-state index contributed by atoms with van der Waals surface area (Å²) in [5.74, 6) is -0.00850. The first kappa shape index (κ1) is 27.0. The van der Waals surface area contributed by atoms with E-state index in [1.807, 2.05) is 17.0 Å². The van der Waals surface area contributed by atoms with Gasteiger partial charge in [0.05, 0.1) is 21.6 Å². The summed E-state index contributed by atoms with van der Waals surface area (Å²) in [6.07, 6.45) is 0. The first-order chi connectivity index (χ1) is 19.7. The van der Waals surface area contributed by atoms with Crippen molar-refractivity contribution in [3.8, 4) is 5.69 Å². The Balaban J connectivity index is 1.14. The fourth-order valence-electron chi connectivity index (χ4n) is 5.03. The maximum Gasteiger partial charge on any atom is 0.331 e. The van der Waals surface area contributed by atoms with E-state index in [4.69, 9.17) is 5.14 Å². The van der Waals surface area contributed by atoms with Crippen LogP contribution in [0.1, 0.15) is 15.9 Å². The van der Waals surface area contributed by atoms with Crippen LogP contribution in [0.4, 0.5) is 11.4 Å². The summed E-state index contributed by atoms with van der Waals surface area (Å²) in [6.45, 7) is 3.94. The maximum atomic E-state index is 13.1. The highest BCUT2D eigenvalue weighted by atomic mass is 32.2. The Morgan fingerprint density at radius 3 is 2.29 bits per heavy atom. The van der Waals surface area contributed by atoms with Crippen LogP contribution in [0.3, 0.4) is 0 Å². The standard InChI is InChI=1S/C29H28N6O4S2/c30-41(38,39)25-8-3-22(4-9-25)31-23-5-10-27-26(17-23)32-29(37)35(27)24-6-1-21(2-7-24)28(36)34-14-12-33(13-15-34)18-20-11-16-40-19-20/h1-11,16-17,19,31H,12-15,18H2,(H,32,37)(H2,30,38,39). The molecule has 0 aliphatic carbocycles. The molecule has 1 fully saturated rings. The second-order valence-corrected chi connectivity index (χ2v) is 12.3. The van der Waals surface area contributed by atoms with Gasteiger partial charge in [-0.2, -0.15) is 11.3 Å². The summed E-state index contributed by atoms with van der Waals surface area (Å²) in [7, 11) is -3.77. The zero-order chi connectivity index (χ0) is 28.6. The van der Waals surface area contributed by atoms with Crippen molar-refractivity contribution in [2.24, 2.45) is 5.14 Å². The van der Waals surface area contributed by atoms with Crippen molar-refractivity contribution in [2.45, 2.75) is 11.4 Å². The predicted molar refractivity (Wildman–Crippen MR) is 160 cm³/mol. The van der Waals surface area contributed by atoms with Crippen molar-refractivity contribution >= 4 is 49.7 Å². The Morgan fingerprint density at radius 2 is 1.63 bits per heavy atom. The topological polar surface area (TPSA) is 134 Å². The number of thiophene rings is 1. The molecule has 12 heteroatoms. The number of hydrogen-bond donors (Lipinski definition) is 3. The molecule has 1 aliphatic rings. The maximum absolute atomic E-state index is 13.1. The molecule has 0 spiro atoms. The minimum Gasteiger partial charge on any atom is -0.355 e. The molecule has 4 N–H and O–H groups in total. The molecule has 41 heavy (non-hydrogen) atoms. The summed E-state index contributed by atoms with van der Waals surface area (Å²) < 4.78 is 24.5. The van der Waals surface area contributed by atoms with Gasteiger partial charge in [-0.15, -0.1) is 0 Å². The lowest BCUT2D eigenvalue weighted by atomic mass is 10.1. The fraction of sp³-hybridized carbons (Fsp3) is 0.172. The number of nitrogens with zero attached hydrogens (tertiary/aromatic N) is 3. The average Bonchev–Trinajstić information content (AvgIpc) is 3.59. The van der Waals surface area contributed by atoms with E-state index in [-0.39, 0.29) is 16.5 Å². The summed E-state index contributed by atoms with van der Waals surface area (Å²) in [5.41, 5.74) is 4.95. The molecule has 0 radical (unpaired) electrons. The zero-order valence-electron chi connectivity index (χ0n) is 22.0. The van der Waals surface area contributed by atoms with Crippen molar-refractivity contribution in [3.63, 3.8) is 0 Å². The number of aromatic amines is 1. The van der Waals surface area contributed by atoms with E-state index < -0.39 is 10.0 Å². The van der Waals surface area contributed by atoms with Gasteiger partial charge in [0.1, 0.15) is 0 Å². The minimum atomic E-state index is -3.77. The Bertz CT molecular complexity index is 1850. The van der Waals surface area contributed by atoms with Crippen LogP contribution >= 0.6 is 11.3 Å². The molecule has 6 rings (SSSR count). The molecule has 1 amide bonds. The van der Waals surface area contributed by atoms with Crippen LogP contribution in [0.15, 0.2) is 93.2 Å². The van der Waals surface area contributed by atoms with Gasteiger partial charge in [-0.25, -0.2) is 18.4 Å². The molecular weight excluding hydrogens is 560 g/mol.